The van der Waals surface area contributed by atoms with E-state index in [1.165, 1.54) is 18.2 Å². The topological polar surface area (TPSA) is 46.2 Å². The molecule has 0 heterocycles. The van der Waals surface area contributed by atoms with Crippen LogP contribution in [0.2, 0.25) is 0 Å². The summed E-state index contributed by atoms with van der Waals surface area (Å²) < 4.78 is 38.3. The molecule has 0 unspecified atom stereocenters. The van der Waals surface area contributed by atoms with Crippen molar-refractivity contribution >= 4 is 18.5 Å². The maximum atomic E-state index is 12.8. The van der Waals surface area contributed by atoms with Gasteiger partial charge in [0, 0.05) is 6.04 Å². The van der Waals surface area contributed by atoms with E-state index in [0.29, 0.717) is 5.56 Å². The first kappa shape index (κ1) is 17.0. The van der Waals surface area contributed by atoms with Crippen molar-refractivity contribution in [1.29, 1.82) is 0 Å². The number of nitrogens with two attached hydrogens (primary N) is 1. The zero-order valence-electron chi connectivity index (χ0n) is 9.74. The quantitative estimate of drug-likeness (QED) is 0.894. The summed E-state index contributed by atoms with van der Waals surface area (Å²) in [4.78, 5) is 0. The summed E-state index contributed by atoms with van der Waals surface area (Å²) in [6.45, 7) is 1.30. The van der Waals surface area contributed by atoms with Crippen molar-refractivity contribution in [3.05, 3.63) is 41.0 Å². The van der Waals surface area contributed by atoms with Gasteiger partial charge in [0.1, 0.15) is 0 Å². The van der Waals surface area contributed by atoms with Crippen LogP contribution in [-0.4, -0.2) is 11.7 Å². The number of rotatable bonds is 3. The second kappa shape index (κ2) is 6.78. The van der Waals surface area contributed by atoms with E-state index in [4.69, 9.17) is 10.8 Å². The molecular formula is C12H15ClF3NO. The van der Waals surface area contributed by atoms with Crippen molar-refractivity contribution in [2.45, 2.75) is 19.1 Å². The fourth-order valence-corrected chi connectivity index (χ4v) is 1.58. The first-order valence-electron chi connectivity index (χ1n) is 5.11. The first-order valence-corrected chi connectivity index (χ1v) is 5.11. The van der Waals surface area contributed by atoms with Crippen molar-refractivity contribution in [2.75, 3.05) is 6.61 Å². The third-order valence-electron chi connectivity index (χ3n) is 2.33. The van der Waals surface area contributed by atoms with Gasteiger partial charge < -0.3 is 10.8 Å². The Morgan fingerprint density at radius 2 is 2.00 bits per heavy atom. The molecule has 0 aliphatic carbocycles. The van der Waals surface area contributed by atoms with Crippen LogP contribution >= 0.6 is 12.4 Å². The summed E-state index contributed by atoms with van der Waals surface area (Å²) in [5, 5.41) is 8.65. The van der Waals surface area contributed by atoms with Gasteiger partial charge in [-0.2, -0.15) is 13.2 Å². The molecular weight excluding hydrogens is 267 g/mol. The Morgan fingerprint density at radius 3 is 2.44 bits per heavy atom. The van der Waals surface area contributed by atoms with Gasteiger partial charge in [-0.1, -0.05) is 24.3 Å². The number of alkyl halides is 3. The van der Waals surface area contributed by atoms with Crippen molar-refractivity contribution in [1.82, 2.24) is 0 Å². The largest absolute Gasteiger partial charge is 0.416 e. The Kier molecular flexibility index (Phi) is 6.38. The van der Waals surface area contributed by atoms with Crippen LogP contribution in [0.4, 0.5) is 13.2 Å². The molecule has 0 radical (unpaired) electrons. The zero-order chi connectivity index (χ0) is 13.1. The fourth-order valence-electron chi connectivity index (χ4n) is 1.58. The predicted molar refractivity (Wildman–Crippen MR) is 67.4 cm³/mol. The Hall–Kier alpha value is -1.04. The van der Waals surface area contributed by atoms with Gasteiger partial charge in [0.05, 0.1) is 12.2 Å². The van der Waals surface area contributed by atoms with Crippen molar-refractivity contribution in [2.24, 2.45) is 5.73 Å². The van der Waals surface area contributed by atoms with E-state index in [-0.39, 0.29) is 24.6 Å². The lowest BCUT2D eigenvalue weighted by molar-refractivity contribution is -0.137. The average molecular weight is 282 g/mol. The highest BCUT2D eigenvalue weighted by Crippen LogP contribution is 2.35. The lowest BCUT2D eigenvalue weighted by Gasteiger charge is -2.16. The summed E-state index contributed by atoms with van der Waals surface area (Å²) in [7, 11) is 0. The van der Waals surface area contributed by atoms with Crippen LogP contribution in [-0.2, 0) is 6.18 Å². The van der Waals surface area contributed by atoms with E-state index >= 15 is 0 Å². The Balaban J connectivity index is 0.00000289. The molecule has 0 amide bonds. The van der Waals surface area contributed by atoms with Crippen LogP contribution in [0.3, 0.4) is 0 Å². The summed E-state index contributed by atoms with van der Waals surface area (Å²) in [6, 6.07) is 3.38. The third kappa shape index (κ3) is 4.01. The van der Waals surface area contributed by atoms with Gasteiger partial charge in [0.2, 0.25) is 0 Å². The maximum absolute atomic E-state index is 12.8. The van der Waals surface area contributed by atoms with E-state index in [9.17, 15) is 13.2 Å². The molecule has 3 N–H and O–H groups in total. The lowest BCUT2D eigenvalue weighted by Crippen LogP contribution is -2.13. The van der Waals surface area contributed by atoms with Gasteiger partial charge in [0.15, 0.2) is 0 Å². The van der Waals surface area contributed by atoms with Crippen molar-refractivity contribution < 1.29 is 18.3 Å². The average Bonchev–Trinajstić information content (AvgIpc) is 2.24. The minimum absolute atomic E-state index is 0. The molecule has 0 aliphatic rings. The Morgan fingerprint density at radius 1 is 1.39 bits per heavy atom. The maximum Gasteiger partial charge on any atom is 0.416 e. The molecule has 0 fully saturated rings. The van der Waals surface area contributed by atoms with E-state index in [1.54, 1.807) is 13.0 Å². The third-order valence-corrected chi connectivity index (χ3v) is 2.33. The Labute approximate surface area is 110 Å². The van der Waals surface area contributed by atoms with Gasteiger partial charge in [-0.25, -0.2) is 0 Å². The van der Waals surface area contributed by atoms with E-state index in [2.05, 4.69) is 0 Å². The second-order valence-corrected chi connectivity index (χ2v) is 3.68. The molecule has 1 aromatic rings. The molecule has 0 aromatic heterocycles. The normalized spacial score (nSPS) is 13.4. The molecule has 18 heavy (non-hydrogen) atoms. The standard InChI is InChI=1S/C12H14F3NO.ClH/c1-8(16)9-4-2-6-11(12(13,14)15)10(9)5-3-7-17;/h2-6,8,17H,7,16H2,1H3;1H/b5-3-;/t8-;/m1./s1. The van der Waals surface area contributed by atoms with Crippen LogP contribution in [0.5, 0.6) is 0 Å². The molecule has 1 rings (SSSR count). The highest BCUT2D eigenvalue weighted by molar-refractivity contribution is 5.85. The highest BCUT2D eigenvalue weighted by atomic mass is 35.5. The number of halogens is 4. The number of aliphatic hydroxyl groups is 1. The van der Waals surface area contributed by atoms with E-state index in [0.717, 1.165) is 6.07 Å². The van der Waals surface area contributed by atoms with E-state index < -0.39 is 17.8 Å². The van der Waals surface area contributed by atoms with Crippen LogP contribution in [0.25, 0.3) is 6.08 Å². The minimum Gasteiger partial charge on any atom is -0.392 e. The fraction of sp³-hybridized carbons (Fsp3) is 0.333. The number of hydrogen-bond acceptors (Lipinski definition) is 2. The molecule has 0 aliphatic heterocycles. The lowest BCUT2D eigenvalue weighted by atomic mass is 9.96. The molecule has 6 heteroatoms. The van der Waals surface area contributed by atoms with Gasteiger partial charge in [-0.05, 0) is 24.1 Å². The number of aliphatic hydroxyl groups excluding tert-OH is 1. The summed E-state index contributed by atoms with van der Waals surface area (Å²) >= 11 is 0. The van der Waals surface area contributed by atoms with Gasteiger partial charge in [0.25, 0.3) is 0 Å². The Bertz CT molecular complexity index is 416. The number of benzene rings is 1. The summed E-state index contributed by atoms with van der Waals surface area (Å²) in [5.74, 6) is 0. The van der Waals surface area contributed by atoms with Gasteiger partial charge >= 0.3 is 6.18 Å². The molecule has 1 atom stereocenters. The minimum atomic E-state index is -4.43. The smallest absolute Gasteiger partial charge is 0.392 e. The monoisotopic (exact) mass is 281 g/mol. The van der Waals surface area contributed by atoms with Crippen LogP contribution in [0.15, 0.2) is 24.3 Å². The summed E-state index contributed by atoms with van der Waals surface area (Å²) in [5.41, 5.74) is 5.32. The zero-order valence-corrected chi connectivity index (χ0v) is 10.6. The first-order chi connectivity index (χ1) is 7.88. The highest BCUT2D eigenvalue weighted by Gasteiger charge is 2.33. The molecule has 0 spiro atoms. The van der Waals surface area contributed by atoms with Crippen LogP contribution < -0.4 is 5.73 Å². The van der Waals surface area contributed by atoms with Crippen molar-refractivity contribution in [3.63, 3.8) is 0 Å². The molecule has 0 bridgehead atoms. The van der Waals surface area contributed by atoms with Gasteiger partial charge in [-0.3, -0.25) is 0 Å². The molecule has 2 nitrogen and oxygen atoms in total. The second-order valence-electron chi connectivity index (χ2n) is 3.68. The van der Waals surface area contributed by atoms with Crippen molar-refractivity contribution in [3.8, 4) is 0 Å². The predicted octanol–water partition coefficient (Wildman–Crippen LogP) is 3.15. The SMILES string of the molecule is C[C@@H](N)c1cccc(C(F)(F)F)c1/C=C\CO.Cl. The summed E-state index contributed by atoms with van der Waals surface area (Å²) in [6.07, 6.45) is -1.92. The molecule has 0 saturated heterocycles. The number of hydrogen-bond donors (Lipinski definition) is 2. The van der Waals surface area contributed by atoms with E-state index in [1.807, 2.05) is 0 Å². The van der Waals surface area contributed by atoms with Gasteiger partial charge in [-0.15, -0.1) is 12.4 Å². The molecule has 1 aromatic carbocycles. The molecule has 102 valence electrons. The van der Waals surface area contributed by atoms with Crippen LogP contribution in [0, 0.1) is 0 Å². The van der Waals surface area contributed by atoms with Crippen LogP contribution in [0.1, 0.15) is 29.7 Å². The molecule has 0 saturated carbocycles.